The summed E-state index contributed by atoms with van der Waals surface area (Å²) in [6.07, 6.45) is 0.648. The van der Waals surface area contributed by atoms with Gasteiger partial charge in [0.25, 0.3) is 0 Å². The first-order chi connectivity index (χ1) is 21.8. The summed E-state index contributed by atoms with van der Waals surface area (Å²) in [6.45, 7) is -0.957. The lowest BCUT2D eigenvalue weighted by Crippen LogP contribution is -2.55. The Morgan fingerprint density at radius 2 is 1.65 bits per heavy atom. The highest BCUT2D eigenvalue weighted by Crippen LogP contribution is 2.37. The Kier molecular flexibility index (Phi) is 11.6. The minimum absolute atomic E-state index is 0.0735. The number of rotatable bonds is 12. The van der Waals surface area contributed by atoms with Gasteiger partial charge in [-0.3, -0.25) is 13.9 Å². The second-order valence-corrected chi connectivity index (χ2v) is 13.7. The van der Waals surface area contributed by atoms with Crippen LogP contribution in [0, 0.1) is 0 Å². The molecule has 248 valence electrons. The number of nitrogens with one attached hydrogen (secondary N) is 1. The molecule has 1 fully saturated rings. The molecule has 1 aliphatic rings. The Balaban J connectivity index is 1.77. The molecule has 2 amide bonds. The molecule has 0 saturated heterocycles. The van der Waals surface area contributed by atoms with Crippen LogP contribution in [0.4, 0.5) is 18.9 Å². The number of amides is 2. The van der Waals surface area contributed by atoms with Gasteiger partial charge in [0.15, 0.2) is 0 Å². The van der Waals surface area contributed by atoms with Crippen LogP contribution < -0.4 is 14.4 Å². The summed E-state index contributed by atoms with van der Waals surface area (Å²) >= 11 is 5.79. The normalized spacial score (nSPS) is 14.7. The Hall–Kier alpha value is -3.77. The Bertz CT molecular complexity index is 1620. The second kappa shape index (κ2) is 15.2. The van der Waals surface area contributed by atoms with Gasteiger partial charge >= 0.3 is 6.18 Å². The summed E-state index contributed by atoms with van der Waals surface area (Å²) in [7, 11) is -2.79. The zero-order valence-corrected chi connectivity index (χ0v) is 27.2. The van der Waals surface area contributed by atoms with Crippen LogP contribution in [0.15, 0.2) is 72.8 Å². The number of methoxy groups -OCH3 is 1. The molecule has 1 aliphatic carbocycles. The van der Waals surface area contributed by atoms with E-state index in [2.05, 4.69) is 5.32 Å². The number of anilines is 1. The maximum atomic E-state index is 14.3. The largest absolute Gasteiger partial charge is 0.497 e. The van der Waals surface area contributed by atoms with E-state index in [1.165, 1.54) is 12.0 Å². The number of ether oxygens (including phenoxy) is 1. The van der Waals surface area contributed by atoms with E-state index in [0.29, 0.717) is 21.7 Å². The van der Waals surface area contributed by atoms with Crippen LogP contribution >= 0.6 is 11.6 Å². The van der Waals surface area contributed by atoms with E-state index in [0.717, 1.165) is 56.1 Å². The summed E-state index contributed by atoms with van der Waals surface area (Å²) in [5.41, 5.74) is -0.259. The molecule has 0 spiro atoms. The summed E-state index contributed by atoms with van der Waals surface area (Å²) in [4.78, 5) is 29.6. The van der Waals surface area contributed by atoms with Crippen molar-refractivity contribution >= 4 is 39.1 Å². The Labute approximate surface area is 272 Å². The average molecular weight is 680 g/mol. The molecule has 3 aromatic carbocycles. The van der Waals surface area contributed by atoms with Crippen molar-refractivity contribution in [1.29, 1.82) is 0 Å². The second-order valence-electron chi connectivity index (χ2n) is 11.4. The van der Waals surface area contributed by atoms with Crippen molar-refractivity contribution in [3.63, 3.8) is 0 Å². The molecule has 4 rings (SSSR count). The van der Waals surface area contributed by atoms with Crippen LogP contribution in [0.2, 0.25) is 5.02 Å². The fourth-order valence-corrected chi connectivity index (χ4v) is 6.63. The molecular weight excluding hydrogens is 643 g/mol. The predicted octanol–water partition coefficient (Wildman–Crippen LogP) is 6.22. The Morgan fingerprint density at radius 3 is 2.28 bits per heavy atom. The van der Waals surface area contributed by atoms with Crippen molar-refractivity contribution < 1.29 is 35.9 Å². The number of alkyl halides is 3. The molecule has 3 aromatic rings. The average Bonchev–Trinajstić information content (AvgIpc) is 3.01. The van der Waals surface area contributed by atoms with Crippen LogP contribution in [0.3, 0.4) is 0 Å². The molecule has 1 atom stereocenters. The first-order valence-electron chi connectivity index (χ1n) is 14.9. The maximum absolute atomic E-state index is 14.3. The van der Waals surface area contributed by atoms with E-state index in [1.54, 1.807) is 24.3 Å². The van der Waals surface area contributed by atoms with Crippen molar-refractivity contribution in [3.05, 3.63) is 94.5 Å². The van der Waals surface area contributed by atoms with Gasteiger partial charge in [0.2, 0.25) is 21.8 Å². The summed E-state index contributed by atoms with van der Waals surface area (Å²) in [5.74, 6) is -0.671. The maximum Gasteiger partial charge on any atom is 0.417 e. The van der Waals surface area contributed by atoms with E-state index in [1.807, 2.05) is 30.3 Å². The van der Waals surface area contributed by atoms with Crippen molar-refractivity contribution in [1.82, 2.24) is 10.2 Å². The number of hydrogen-bond acceptors (Lipinski definition) is 5. The quantitative estimate of drug-likeness (QED) is 0.245. The third-order valence-corrected chi connectivity index (χ3v) is 9.40. The number of halogens is 4. The molecule has 8 nitrogen and oxygen atoms in total. The van der Waals surface area contributed by atoms with Gasteiger partial charge in [-0.25, -0.2) is 8.42 Å². The van der Waals surface area contributed by atoms with Crippen LogP contribution in [0.25, 0.3) is 0 Å². The molecule has 0 aliphatic heterocycles. The van der Waals surface area contributed by atoms with E-state index in [9.17, 15) is 31.2 Å². The number of benzene rings is 3. The molecule has 46 heavy (non-hydrogen) atoms. The van der Waals surface area contributed by atoms with Crippen molar-refractivity contribution in [2.45, 2.75) is 63.3 Å². The highest BCUT2D eigenvalue weighted by atomic mass is 35.5. The first kappa shape index (κ1) is 35.1. The van der Waals surface area contributed by atoms with Gasteiger partial charge in [-0.2, -0.15) is 13.2 Å². The fraction of sp³-hybridized carbons (Fsp3) is 0.394. The van der Waals surface area contributed by atoms with Gasteiger partial charge < -0.3 is 15.0 Å². The van der Waals surface area contributed by atoms with E-state index in [-0.39, 0.29) is 24.7 Å². The molecule has 0 heterocycles. The zero-order chi connectivity index (χ0) is 33.5. The van der Waals surface area contributed by atoms with E-state index >= 15 is 0 Å². The number of nitrogens with zero attached hydrogens (tertiary/aromatic N) is 2. The minimum Gasteiger partial charge on any atom is -0.497 e. The molecular formula is C33H37ClF3N3O5S. The molecule has 13 heteroatoms. The predicted molar refractivity (Wildman–Crippen MR) is 171 cm³/mol. The van der Waals surface area contributed by atoms with Crippen LogP contribution in [0.1, 0.15) is 48.8 Å². The molecule has 0 radical (unpaired) electrons. The van der Waals surface area contributed by atoms with Gasteiger partial charge in [-0.1, -0.05) is 73.3 Å². The zero-order valence-electron chi connectivity index (χ0n) is 25.6. The summed E-state index contributed by atoms with van der Waals surface area (Å²) in [5, 5.41) is 2.49. The Morgan fingerprint density at radius 1 is 0.978 bits per heavy atom. The third kappa shape index (κ3) is 9.38. The molecule has 0 bridgehead atoms. The lowest BCUT2D eigenvalue weighted by molar-refractivity contribution is -0.140. The summed E-state index contributed by atoms with van der Waals surface area (Å²) in [6, 6.07) is 17.5. The number of hydrogen-bond donors (Lipinski definition) is 1. The van der Waals surface area contributed by atoms with E-state index < -0.39 is 51.2 Å². The summed E-state index contributed by atoms with van der Waals surface area (Å²) < 4.78 is 73.0. The lowest BCUT2D eigenvalue weighted by Gasteiger charge is -2.35. The van der Waals surface area contributed by atoms with Gasteiger partial charge in [0, 0.05) is 19.0 Å². The topological polar surface area (TPSA) is 96.0 Å². The molecule has 0 aromatic heterocycles. The number of sulfonamides is 1. The van der Waals surface area contributed by atoms with Crippen molar-refractivity contribution in [3.8, 4) is 5.75 Å². The monoisotopic (exact) mass is 679 g/mol. The molecule has 1 saturated carbocycles. The van der Waals surface area contributed by atoms with Crippen molar-refractivity contribution in [2.75, 3.05) is 24.2 Å². The highest BCUT2D eigenvalue weighted by Gasteiger charge is 2.37. The van der Waals surface area contributed by atoms with Crippen molar-refractivity contribution in [2.24, 2.45) is 0 Å². The third-order valence-electron chi connectivity index (χ3n) is 7.93. The first-order valence-corrected chi connectivity index (χ1v) is 17.1. The van der Waals surface area contributed by atoms with Gasteiger partial charge in [-0.05, 0) is 54.3 Å². The van der Waals surface area contributed by atoms with Gasteiger partial charge in [0.05, 0.1) is 29.6 Å². The number of carbonyl (C=O) groups excluding carboxylic acids is 2. The fourth-order valence-electron chi connectivity index (χ4n) is 5.57. The van der Waals surface area contributed by atoms with Gasteiger partial charge in [-0.15, -0.1) is 0 Å². The number of carbonyl (C=O) groups is 2. The minimum atomic E-state index is -4.86. The van der Waals surface area contributed by atoms with E-state index in [4.69, 9.17) is 16.3 Å². The highest BCUT2D eigenvalue weighted by molar-refractivity contribution is 7.92. The van der Waals surface area contributed by atoms with Crippen LogP contribution in [-0.4, -0.2) is 57.1 Å². The van der Waals surface area contributed by atoms with Crippen LogP contribution in [0.5, 0.6) is 5.75 Å². The standard InChI is InChI=1S/C33H37ClF3N3O5S/c1-45-27-15-9-12-24(18-27)21-39(30(19-23-10-5-3-6-11-23)32(42)38-25-13-7-4-8-14-25)31(41)22-40(46(2,43)44)26-16-17-29(34)28(20-26)33(35,36)37/h3,5-6,9-12,15-18,20,25,30H,4,7-8,13-14,19,21-22H2,1-2H3,(H,38,42)/t30-/m0/s1. The van der Waals surface area contributed by atoms with Gasteiger partial charge in [0.1, 0.15) is 18.3 Å². The van der Waals surface area contributed by atoms with Crippen LogP contribution in [-0.2, 0) is 38.8 Å². The lowest BCUT2D eigenvalue weighted by atomic mass is 9.94. The molecule has 1 N–H and O–H groups in total. The SMILES string of the molecule is COc1cccc(CN(C(=O)CN(c2ccc(Cl)c(C(F)(F)F)c2)S(C)(=O)=O)[C@@H](Cc2ccccc2)C(=O)NC2CCCCC2)c1. The molecule has 0 unspecified atom stereocenters. The smallest absolute Gasteiger partial charge is 0.417 e.